The van der Waals surface area contributed by atoms with Crippen LogP contribution in [0.15, 0.2) is 6.33 Å². The third kappa shape index (κ3) is 3.27. The van der Waals surface area contributed by atoms with Crippen molar-refractivity contribution in [3.05, 3.63) is 6.33 Å². The van der Waals surface area contributed by atoms with Crippen LogP contribution >= 0.6 is 11.5 Å². The van der Waals surface area contributed by atoms with E-state index in [1.54, 1.807) is 6.33 Å². The van der Waals surface area contributed by atoms with Gasteiger partial charge in [0.1, 0.15) is 6.33 Å². The standard InChI is InChI=1S/C13H21N5OS/c19-12(11-4-1-5-14-11)15-7-10-3-2-6-18(8-10)13-16-9-17-20-13/h9-11,14H,1-8H2,(H,15,19). The Morgan fingerprint density at radius 3 is 3.20 bits per heavy atom. The SMILES string of the molecule is O=C(NCC1CCCN(c2ncns2)C1)C1CCCN1. The van der Waals surface area contributed by atoms with Crippen molar-refractivity contribution in [1.82, 2.24) is 20.0 Å². The van der Waals surface area contributed by atoms with Gasteiger partial charge >= 0.3 is 0 Å². The maximum atomic E-state index is 12.0. The van der Waals surface area contributed by atoms with Crippen LogP contribution in [0.5, 0.6) is 0 Å². The minimum absolute atomic E-state index is 0.0258. The maximum Gasteiger partial charge on any atom is 0.237 e. The molecule has 2 atom stereocenters. The number of aromatic nitrogens is 2. The highest BCUT2D eigenvalue weighted by molar-refractivity contribution is 7.09. The van der Waals surface area contributed by atoms with E-state index < -0.39 is 0 Å². The van der Waals surface area contributed by atoms with Crippen LogP contribution in [0.1, 0.15) is 25.7 Å². The Bertz CT molecular complexity index is 432. The maximum absolute atomic E-state index is 12.0. The second-order valence-corrected chi connectivity index (χ2v) is 6.33. The van der Waals surface area contributed by atoms with Crippen LogP contribution in [0, 0.1) is 5.92 Å². The van der Waals surface area contributed by atoms with Crippen LogP contribution in [0.3, 0.4) is 0 Å². The molecule has 2 aliphatic rings. The number of carbonyl (C=O) groups is 1. The molecule has 0 spiro atoms. The topological polar surface area (TPSA) is 70.2 Å². The summed E-state index contributed by atoms with van der Waals surface area (Å²) < 4.78 is 4.06. The number of hydrogen-bond donors (Lipinski definition) is 2. The molecule has 0 bridgehead atoms. The molecule has 6 nitrogen and oxygen atoms in total. The van der Waals surface area contributed by atoms with E-state index in [4.69, 9.17) is 0 Å². The number of piperidine rings is 1. The first-order valence-electron chi connectivity index (χ1n) is 7.35. The van der Waals surface area contributed by atoms with E-state index in [0.29, 0.717) is 5.92 Å². The smallest absolute Gasteiger partial charge is 0.237 e. The Hall–Kier alpha value is -1.21. The van der Waals surface area contributed by atoms with Gasteiger partial charge < -0.3 is 15.5 Å². The number of nitrogens with one attached hydrogen (secondary N) is 2. The monoisotopic (exact) mass is 295 g/mol. The highest BCUT2D eigenvalue weighted by Gasteiger charge is 2.25. The predicted molar refractivity (Wildman–Crippen MR) is 78.9 cm³/mol. The van der Waals surface area contributed by atoms with Crippen molar-refractivity contribution in [2.24, 2.45) is 5.92 Å². The largest absolute Gasteiger partial charge is 0.354 e. The molecule has 1 aromatic rings. The number of amides is 1. The van der Waals surface area contributed by atoms with Gasteiger partial charge in [0.05, 0.1) is 6.04 Å². The Balaban J connectivity index is 1.46. The van der Waals surface area contributed by atoms with Gasteiger partial charge in [-0.05, 0) is 38.1 Å². The van der Waals surface area contributed by atoms with Crippen molar-refractivity contribution in [3.63, 3.8) is 0 Å². The number of rotatable bonds is 4. The average molecular weight is 295 g/mol. The molecule has 110 valence electrons. The quantitative estimate of drug-likeness (QED) is 0.852. The second kappa shape index (κ2) is 6.49. The third-order valence-corrected chi connectivity index (χ3v) is 4.81. The first-order chi connectivity index (χ1) is 9.83. The van der Waals surface area contributed by atoms with Crippen LogP contribution in [0.2, 0.25) is 0 Å². The van der Waals surface area contributed by atoms with E-state index in [2.05, 4.69) is 24.9 Å². The van der Waals surface area contributed by atoms with Gasteiger partial charge in [-0.1, -0.05) is 0 Å². The zero-order valence-electron chi connectivity index (χ0n) is 11.5. The van der Waals surface area contributed by atoms with Gasteiger partial charge in [-0.3, -0.25) is 4.79 Å². The molecule has 2 fully saturated rings. The molecule has 1 amide bonds. The lowest BCUT2D eigenvalue weighted by Gasteiger charge is -2.32. The lowest BCUT2D eigenvalue weighted by molar-refractivity contribution is -0.122. The third-order valence-electron chi connectivity index (χ3n) is 4.08. The fourth-order valence-electron chi connectivity index (χ4n) is 2.99. The van der Waals surface area contributed by atoms with Crippen LogP contribution in [0.4, 0.5) is 5.13 Å². The van der Waals surface area contributed by atoms with Crippen molar-refractivity contribution in [1.29, 1.82) is 0 Å². The summed E-state index contributed by atoms with van der Waals surface area (Å²) in [6, 6.07) is 0.0258. The summed E-state index contributed by atoms with van der Waals surface area (Å²) in [5.74, 6) is 0.675. The Kier molecular flexibility index (Phi) is 4.47. The van der Waals surface area contributed by atoms with Crippen molar-refractivity contribution < 1.29 is 4.79 Å². The molecule has 2 unspecified atom stereocenters. The fraction of sp³-hybridized carbons (Fsp3) is 0.769. The molecule has 0 saturated carbocycles. The number of carbonyl (C=O) groups excluding carboxylic acids is 1. The van der Waals surface area contributed by atoms with Crippen molar-refractivity contribution >= 4 is 22.6 Å². The molecule has 0 aromatic carbocycles. The van der Waals surface area contributed by atoms with Crippen molar-refractivity contribution in [2.75, 3.05) is 31.1 Å². The predicted octanol–water partition coefficient (Wildman–Crippen LogP) is 0.623. The highest BCUT2D eigenvalue weighted by Crippen LogP contribution is 2.23. The summed E-state index contributed by atoms with van der Waals surface area (Å²) in [5.41, 5.74) is 0. The second-order valence-electron chi connectivity index (χ2n) is 5.57. The lowest BCUT2D eigenvalue weighted by Crippen LogP contribution is -2.45. The van der Waals surface area contributed by atoms with E-state index >= 15 is 0 Å². The Morgan fingerprint density at radius 1 is 1.50 bits per heavy atom. The van der Waals surface area contributed by atoms with Gasteiger partial charge in [-0.25, -0.2) is 4.98 Å². The fourth-order valence-corrected chi connectivity index (χ4v) is 3.55. The van der Waals surface area contributed by atoms with Crippen molar-refractivity contribution in [3.8, 4) is 0 Å². The average Bonchev–Trinajstić information content (AvgIpc) is 3.17. The molecule has 2 N–H and O–H groups in total. The normalized spacial score (nSPS) is 26.7. The first kappa shape index (κ1) is 13.8. The molecular formula is C13H21N5OS. The summed E-state index contributed by atoms with van der Waals surface area (Å²) in [6.07, 6.45) is 6.01. The van der Waals surface area contributed by atoms with Gasteiger partial charge in [0, 0.05) is 31.2 Å². The number of anilines is 1. The van der Waals surface area contributed by atoms with Crippen molar-refractivity contribution in [2.45, 2.75) is 31.7 Å². The zero-order chi connectivity index (χ0) is 13.8. The molecule has 2 aliphatic heterocycles. The van der Waals surface area contributed by atoms with Gasteiger partial charge in [0.2, 0.25) is 11.0 Å². The molecule has 2 saturated heterocycles. The van der Waals surface area contributed by atoms with Gasteiger partial charge in [-0.2, -0.15) is 4.37 Å². The van der Waals surface area contributed by atoms with Crippen LogP contribution in [-0.4, -0.2) is 47.5 Å². The summed E-state index contributed by atoms with van der Waals surface area (Å²) in [7, 11) is 0. The van der Waals surface area contributed by atoms with Gasteiger partial charge in [-0.15, -0.1) is 0 Å². The van der Waals surface area contributed by atoms with Gasteiger partial charge in [0.25, 0.3) is 0 Å². The van der Waals surface area contributed by atoms with Crippen LogP contribution < -0.4 is 15.5 Å². The summed E-state index contributed by atoms with van der Waals surface area (Å²) >= 11 is 1.44. The van der Waals surface area contributed by atoms with E-state index in [1.807, 2.05) is 0 Å². The van der Waals surface area contributed by atoms with Gasteiger partial charge in [0.15, 0.2) is 0 Å². The molecular weight excluding hydrogens is 274 g/mol. The Morgan fingerprint density at radius 2 is 2.45 bits per heavy atom. The van der Waals surface area contributed by atoms with E-state index in [-0.39, 0.29) is 11.9 Å². The van der Waals surface area contributed by atoms with E-state index in [1.165, 1.54) is 18.0 Å². The van der Waals surface area contributed by atoms with E-state index in [0.717, 1.165) is 50.6 Å². The molecule has 1 aromatic heterocycles. The Labute approximate surface area is 123 Å². The minimum atomic E-state index is 0.0258. The molecule has 0 radical (unpaired) electrons. The highest BCUT2D eigenvalue weighted by atomic mass is 32.1. The molecule has 0 aliphatic carbocycles. The van der Waals surface area contributed by atoms with Crippen LogP contribution in [-0.2, 0) is 4.79 Å². The molecule has 7 heteroatoms. The molecule has 3 heterocycles. The summed E-state index contributed by atoms with van der Waals surface area (Å²) in [4.78, 5) is 18.5. The number of nitrogens with zero attached hydrogens (tertiary/aromatic N) is 3. The minimum Gasteiger partial charge on any atom is -0.354 e. The van der Waals surface area contributed by atoms with E-state index in [9.17, 15) is 4.79 Å². The van der Waals surface area contributed by atoms with Crippen LogP contribution in [0.25, 0.3) is 0 Å². The molecule has 3 rings (SSSR count). The first-order valence-corrected chi connectivity index (χ1v) is 8.13. The lowest BCUT2D eigenvalue weighted by atomic mass is 9.98. The summed E-state index contributed by atoms with van der Waals surface area (Å²) in [5, 5.41) is 7.33. The molecule has 20 heavy (non-hydrogen) atoms. The zero-order valence-corrected chi connectivity index (χ0v) is 12.4. The number of hydrogen-bond acceptors (Lipinski definition) is 6. The summed E-state index contributed by atoms with van der Waals surface area (Å²) in [6.45, 7) is 3.75.